The average molecular weight is 278 g/mol. The van der Waals surface area contributed by atoms with E-state index in [1.807, 2.05) is 6.92 Å². The predicted octanol–water partition coefficient (Wildman–Crippen LogP) is 4.26. The van der Waals surface area contributed by atoms with Crippen LogP contribution >= 0.6 is 11.6 Å². The molecular formula is C12H11ClF3NO. The molecule has 1 atom stereocenters. The van der Waals surface area contributed by atoms with Crippen LogP contribution in [0.4, 0.5) is 13.2 Å². The molecule has 0 N–H and O–H groups in total. The Kier molecular flexibility index (Phi) is 3.52. The summed E-state index contributed by atoms with van der Waals surface area (Å²) in [6.07, 6.45) is -3.23. The highest BCUT2D eigenvalue weighted by molar-refractivity contribution is 6.34. The van der Waals surface area contributed by atoms with Crippen molar-refractivity contribution in [1.29, 1.82) is 0 Å². The summed E-state index contributed by atoms with van der Waals surface area (Å²) in [5.74, 6) is 0. The van der Waals surface area contributed by atoms with Gasteiger partial charge < -0.3 is 4.84 Å². The second-order valence-electron chi connectivity index (χ2n) is 4.07. The summed E-state index contributed by atoms with van der Waals surface area (Å²) >= 11 is 5.91. The third kappa shape index (κ3) is 2.61. The second-order valence-corrected chi connectivity index (χ2v) is 4.48. The molecule has 1 aromatic rings. The van der Waals surface area contributed by atoms with Crippen molar-refractivity contribution >= 4 is 17.3 Å². The highest BCUT2D eigenvalue weighted by atomic mass is 35.5. The van der Waals surface area contributed by atoms with Gasteiger partial charge in [0.15, 0.2) is 0 Å². The molecule has 0 fully saturated rings. The lowest BCUT2D eigenvalue weighted by Crippen LogP contribution is -2.10. The third-order valence-electron chi connectivity index (χ3n) is 2.79. The molecule has 2 rings (SSSR count). The van der Waals surface area contributed by atoms with Crippen molar-refractivity contribution in [2.24, 2.45) is 5.16 Å². The molecule has 0 saturated heterocycles. The van der Waals surface area contributed by atoms with Gasteiger partial charge in [-0.2, -0.15) is 13.2 Å². The zero-order valence-electron chi connectivity index (χ0n) is 9.59. The standard InChI is InChI=1S/C12H11ClF3NO/c1-2-8-6-11(17-18-8)9-5-7(12(14,15)16)3-4-10(9)13/h3-5,8H,2,6H2,1H3. The summed E-state index contributed by atoms with van der Waals surface area (Å²) in [5.41, 5.74) is 0.0324. The van der Waals surface area contributed by atoms with E-state index in [0.29, 0.717) is 17.7 Å². The molecule has 1 aliphatic rings. The minimum Gasteiger partial charge on any atom is -0.392 e. The van der Waals surface area contributed by atoms with E-state index >= 15 is 0 Å². The summed E-state index contributed by atoms with van der Waals surface area (Å²) in [5, 5.41) is 4.06. The van der Waals surface area contributed by atoms with Gasteiger partial charge in [0.05, 0.1) is 11.3 Å². The molecule has 98 valence electrons. The first-order valence-electron chi connectivity index (χ1n) is 5.51. The maximum atomic E-state index is 12.6. The van der Waals surface area contributed by atoms with Crippen molar-refractivity contribution in [3.63, 3.8) is 0 Å². The van der Waals surface area contributed by atoms with E-state index in [-0.39, 0.29) is 11.1 Å². The molecule has 0 bridgehead atoms. The fourth-order valence-electron chi connectivity index (χ4n) is 1.73. The maximum Gasteiger partial charge on any atom is 0.416 e. The van der Waals surface area contributed by atoms with Crippen molar-refractivity contribution in [2.75, 3.05) is 0 Å². The average Bonchev–Trinajstić information content (AvgIpc) is 2.76. The van der Waals surface area contributed by atoms with Crippen LogP contribution in [0.5, 0.6) is 0 Å². The molecule has 0 spiro atoms. The molecule has 2 nitrogen and oxygen atoms in total. The fraction of sp³-hybridized carbons (Fsp3) is 0.417. The van der Waals surface area contributed by atoms with Gasteiger partial charge in [-0.15, -0.1) is 0 Å². The lowest BCUT2D eigenvalue weighted by atomic mass is 10.0. The fourth-order valence-corrected chi connectivity index (χ4v) is 1.96. The van der Waals surface area contributed by atoms with E-state index in [2.05, 4.69) is 5.16 Å². The molecule has 0 aliphatic carbocycles. The molecule has 0 amide bonds. The van der Waals surface area contributed by atoms with Crippen LogP contribution in [0.1, 0.15) is 30.9 Å². The molecule has 0 saturated carbocycles. The normalized spacial score (nSPS) is 19.6. The summed E-state index contributed by atoms with van der Waals surface area (Å²) in [6, 6.07) is 3.21. The lowest BCUT2D eigenvalue weighted by molar-refractivity contribution is -0.137. The Bertz CT molecular complexity index is 485. The van der Waals surface area contributed by atoms with Gasteiger partial charge in [0.1, 0.15) is 6.10 Å². The Morgan fingerprint density at radius 3 is 2.72 bits per heavy atom. The molecule has 0 aromatic heterocycles. The van der Waals surface area contributed by atoms with Crippen LogP contribution in [-0.2, 0) is 11.0 Å². The quantitative estimate of drug-likeness (QED) is 0.791. The van der Waals surface area contributed by atoms with Crippen LogP contribution in [0.2, 0.25) is 5.02 Å². The van der Waals surface area contributed by atoms with Gasteiger partial charge in [0.25, 0.3) is 0 Å². The zero-order valence-corrected chi connectivity index (χ0v) is 10.3. The van der Waals surface area contributed by atoms with Crippen LogP contribution in [-0.4, -0.2) is 11.8 Å². The highest BCUT2D eigenvalue weighted by Gasteiger charge is 2.32. The highest BCUT2D eigenvalue weighted by Crippen LogP contribution is 2.33. The van der Waals surface area contributed by atoms with Gasteiger partial charge in [-0.25, -0.2) is 0 Å². The van der Waals surface area contributed by atoms with Crippen molar-refractivity contribution in [2.45, 2.75) is 32.0 Å². The van der Waals surface area contributed by atoms with Gasteiger partial charge >= 0.3 is 6.18 Å². The minimum atomic E-state index is -4.39. The van der Waals surface area contributed by atoms with E-state index in [4.69, 9.17) is 16.4 Å². The first-order chi connectivity index (χ1) is 8.41. The number of oxime groups is 1. The molecule has 1 unspecified atom stereocenters. The van der Waals surface area contributed by atoms with Crippen molar-refractivity contribution in [3.8, 4) is 0 Å². The number of hydrogen-bond acceptors (Lipinski definition) is 2. The number of nitrogens with zero attached hydrogens (tertiary/aromatic N) is 1. The molecule has 18 heavy (non-hydrogen) atoms. The van der Waals surface area contributed by atoms with Crippen molar-refractivity contribution in [1.82, 2.24) is 0 Å². The Morgan fingerprint density at radius 1 is 1.44 bits per heavy atom. The second kappa shape index (κ2) is 4.80. The molecule has 6 heteroatoms. The third-order valence-corrected chi connectivity index (χ3v) is 3.12. The molecule has 1 aliphatic heterocycles. The van der Waals surface area contributed by atoms with E-state index in [1.165, 1.54) is 6.07 Å². The topological polar surface area (TPSA) is 21.6 Å². The SMILES string of the molecule is CCC1CC(c2cc(C(F)(F)F)ccc2Cl)=NO1. The van der Waals surface area contributed by atoms with Gasteiger partial charge in [-0.3, -0.25) is 0 Å². The minimum absolute atomic E-state index is 0.0781. The smallest absolute Gasteiger partial charge is 0.392 e. The van der Waals surface area contributed by atoms with Gasteiger partial charge in [0.2, 0.25) is 0 Å². The first-order valence-corrected chi connectivity index (χ1v) is 5.89. The number of benzene rings is 1. The van der Waals surface area contributed by atoms with Gasteiger partial charge in [-0.05, 0) is 24.6 Å². The van der Waals surface area contributed by atoms with Gasteiger partial charge in [0, 0.05) is 17.0 Å². The van der Waals surface area contributed by atoms with Crippen molar-refractivity contribution in [3.05, 3.63) is 34.3 Å². The van der Waals surface area contributed by atoms with E-state index in [1.54, 1.807) is 0 Å². The molecule has 0 radical (unpaired) electrons. The molecule has 1 aromatic carbocycles. The van der Waals surface area contributed by atoms with Crippen LogP contribution in [0.25, 0.3) is 0 Å². The van der Waals surface area contributed by atoms with Crippen LogP contribution < -0.4 is 0 Å². The maximum absolute atomic E-state index is 12.6. The number of alkyl halides is 3. The van der Waals surface area contributed by atoms with E-state index < -0.39 is 11.7 Å². The van der Waals surface area contributed by atoms with Gasteiger partial charge in [-0.1, -0.05) is 23.7 Å². The summed E-state index contributed by atoms with van der Waals surface area (Å²) in [6.45, 7) is 1.93. The monoisotopic (exact) mass is 277 g/mol. The Labute approximate surface area is 107 Å². The number of halogens is 4. The molecular weight excluding hydrogens is 267 g/mol. The summed E-state index contributed by atoms with van der Waals surface area (Å²) < 4.78 is 37.8. The van der Waals surface area contributed by atoms with E-state index in [0.717, 1.165) is 18.6 Å². The molecule has 1 heterocycles. The summed E-state index contributed by atoms with van der Waals surface area (Å²) in [4.78, 5) is 5.10. The number of hydrogen-bond donors (Lipinski definition) is 0. The predicted molar refractivity (Wildman–Crippen MR) is 62.8 cm³/mol. The zero-order chi connectivity index (χ0) is 13.3. The Morgan fingerprint density at radius 2 is 2.17 bits per heavy atom. The largest absolute Gasteiger partial charge is 0.416 e. The van der Waals surface area contributed by atoms with Crippen LogP contribution in [0.15, 0.2) is 23.4 Å². The first kappa shape index (κ1) is 13.2. The number of rotatable bonds is 2. The van der Waals surface area contributed by atoms with E-state index in [9.17, 15) is 13.2 Å². The van der Waals surface area contributed by atoms with Crippen LogP contribution in [0, 0.1) is 0 Å². The van der Waals surface area contributed by atoms with Crippen LogP contribution in [0.3, 0.4) is 0 Å². The lowest BCUT2D eigenvalue weighted by Gasteiger charge is -2.10. The summed E-state index contributed by atoms with van der Waals surface area (Å²) in [7, 11) is 0. The Hall–Kier alpha value is -1.23. The van der Waals surface area contributed by atoms with Crippen molar-refractivity contribution < 1.29 is 18.0 Å². The Balaban J connectivity index is 2.34.